The molecule has 1 aliphatic heterocycles. The molecule has 140 valence electrons. The monoisotopic (exact) mass is 412 g/mol. The van der Waals surface area contributed by atoms with Crippen molar-refractivity contribution < 1.29 is 13.2 Å². The SMILES string of the molecule is O=C(CCS(=O)(=O)c1ccccc1)N1CCN(Cc2ccc(Cl)s2)CC1. The Morgan fingerprint density at radius 1 is 1.04 bits per heavy atom. The summed E-state index contributed by atoms with van der Waals surface area (Å²) in [6.45, 7) is 3.66. The van der Waals surface area contributed by atoms with E-state index in [2.05, 4.69) is 4.90 Å². The van der Waals surface area contributed by atoms with Gasteiger partial charge in [-0.1, -0.05) is 29.8 Å². The molecule has 0 N–H and O–H groups in total. The van der Waals surface area contributed by atoms with Crippen LogP contribution in [0, 0.1) is 0 Å². The normalized spacial score (nSPS) is 16.0. The average Bonchev–Trinajstić information content (AvgIpc) is 3.06. The van der Waals surface area contributed by atoms with Crippen LogP contribution in [0.1, 0.15) is 11.3 Å². The molecule has 1 aliphatic rings. The van der Waals surface area contributed by atoms with Gasteiger partial charge in [-0.05, 0) is 24.3 Å². The smallest absolute Gasteiger partial charge is 0.223 e. The fourth-order valence-corrected chi connectivity index (χ4v) is 5.32. The van der Waals surface area contributed by atoms with E-state index in [0.29, 0.717) is 13.1 Å². The maximum atomic E-state index is 12.4. The Kier molecular flexibility index (Phi) is 6.34. The van der Waals surface area contributed by atoms with Gasteiger partial charge in [-0.25, -0.2) is 8.42 Å². The number of piperazine rings is 1. The topological polar surface area (TPSA) is 57.7 Å². The molecule has 26 heavy (non-hydrogen) atoms. The van der Waals surface area contributed by atoms with Gasteiger partial charge in [0.05, 0.1) is 15.0 Å². The van der Waals surface area contributed by atoms with Crippen molar-refractivity contribution in [1.29, 1.82) is 0 Å². The quantitative estimate of drug-likeness (QED) is 0.732. The number of carbonyl (C=O) groups excluding carboxylic acids is 1. The molecular weight excluding hydrogens is 392 g/mol. The van der Waals surface area contributed by atoms with Crippen LogP contribution in [0.5, 0.6) is 0 Å². The molecule has 0 saturated carbocycles. The third kappa shape index (κ3) is 5.07. The number of hydrogen-bond acceptors (Lipinski definition) is 5. The van der Waals surface area contributed by atoms with Gasteiger partial charge in [-0.15, -0.1) is 11.3 Å². The Morgan fingerprint density at radius 3 is 2.35 bits per heavy atom. The van der Waals surface area contributed by atoms with Crippen LogP contribution in [0.15, 0.2) is 47.4 Å². The second-order valence-corrected chi connectivity index (χ2v) is 10.2. The molecule has 0 spiro atoms. The van der Waals surface area contributed by atoms with Gasteiger partial charge in [-0.3, -0.25) is 9.69 Å². The highest BCUT2D eigenvalue weighted by Crippen LogP contribution is 2.23. The van der Waals surface area contributed by atoms with Crippen LogP contribution >= 0.6 is 22.9 Å². The van der Waals surface area contributed by atoms with Crippen molar-refractivity contribution in [1.82, 2.24) is 9.80 Å². The zero-order chi connectivity index (χ0) is 18.6. The molecule has 1 amide bonds. The molecule has 8 heteroatoms. The molecule has 1 aromatic heterocycles. The lowest BCUT2D eigenvalue weighted by Gasteiger charge is -2.34. The number of hydrogen-bond donors (Lipinski definition) is 0. The minimum Gasteiger partial charge on any atom is -0.340 e. The summed E-state index contributed by atoms with van der Waals surface area (Å²) in [6, 6.07) is 12.2. The summed E-state index contributed by atoms with van der Waals surface area (Å²) < 4.78 is 25.4. The third-order valence-corrected chi connectivity index (χ3v) is 7.37. The van der Waals surface area contributed by atoms with E-state index in [9.17, 15) is 13.2 Å². The first kappa shape index (κ1) is 19.4. The third-order valence-electron chi connectivity index (χ3n) is 4.42. The molecular formula is C18H21ClN2O3S2. The number of sulfone groups is 1. The van der Waals surface area contributed by atoms with E-state index < -0.39 is 9.84 Å². The lowest BCUT2D eigenvalue weighted by Crippen LogP contribution is -2.48. The summed E-state index contributed by atoms with van der Waals surface area (Å²) in [5, 5.41) is 0. The number of rotatable bonds is 6. The molecule has 0 radical (unpaired) electrons. The van der Waals surface area contributed by atoms with Crippen molar-refractivity contribution in [2.24, 2.45) is 0 Å². The molecule has 1 fully saturated rings. The molecule has 0 bridgehead atoms. The first-order chi connectivity index (χ1) is 12.4. The minimum atomic E-state index is -3.41. The number of thiophene rings is 1. The maximum absolute atomic E-state index is 12.4. The predicted octanol–water partition coefficient (Wildman–Crippen LogP) is 2.91. The Balaban J connectivity index is 1.46. The summed E-state index contributed by atoms with van der Waals surface area (Å²) in [6.07, 6.45) is 0.0256. The van der Waals surface area contributed by atoms with Crippen molar-refractivity contribution in [3.8, 4) is 0 Å². The van der Waals surface area contributed by atoms with Crippen molar-refractivity contribution in [2.75, 3.05) is 31.9 Å². The van der Waals surface area contributed by atoms with Crippen molar-refractivity contribution in [3.05, 3.63) is 51.7 Å². The van der Waals surface area contributed by atoms with Gasteiger partial charge < -0.3 is 4.90 Å². The highest BCUT2D eigenvalue weighted by atomic mass is 35.5. The molecule has 1 saturated heterocycles. The van der Waals surface area contributed by atoms with Gasteiger partial charge in [0.25, 0.3) is 0 Å². The van der Waals surface area contributed by atoms with Gasteiger partial charge in [0.1, 0.15) is 0 Å². The lowest BCUT2D eigenvalue weighted by atomic mass is 10.2. The largest absolute Gasteiger partial charge is 0.340 e. The van der Waals surface area contributed by atoms with Crippen LogP contribution in [0.3, 0.4) is 0 Å². The van der Waals surface area contributed by atoms with Crippen molar-refractivity contribution in [2.45, 2.75) is 17.9 Å². The summed E-state index contributed by atoms with van der Waals surface area (Å²) in [4.78, 5) is 17.9. The summed E-state index contributed by atoms with van der Waals surface area (Å²) >= 11 is 7.53. The number of carbonyl (C=O) groups is 1. The average molecular weight is 413 g/mol. The molecule has 2 aromatic rings. The second-order valence-electron chi connectivity index (χ2n) is 6.24. The highest BCUT2D eigenvalue weighted by molar-refractivity contribution is 7.91. The standard InChI is InChI=1S/C18H21ClN2O3S2/c19-17-7-6-15(25-17)14-20-9-11-21(12-10-20)18(22)8-13-26(23,24)16-4-2-1-3-5-16/h1-7H,8-14H2. The Labute approximate surface area is 163 Å². The molecule has 0 unspecified atom stereocenters. The lowest BCUT2D eigenvalue weighted by molar-refractivity contribution is -0.132. The Bertz CT molecular complexity index is 844. The van der Waals surface area contributed by atoms with Crippen LogP contribution in [-0.2, 0) is 21.2 Å². The summed E-state index contributed by atoms with van der Waals surface area (Å²) in [5.41, 5.74) is 0. The Morgan fingerprint density at radius 2 is 1.73 bits per heavy atom. The fourth-order valence-electron chi connectivity index (χ4n) is 2.94. The van der Waals surface area contributed by atoms with Gasteiger partial charge in [0, 0.05) is 44.0 Å². The van der Waals surface area contributed by atoms with E-state index in [1.165, 1.54) is 4.88 Å². The second kappa shape index (κ2) is 8.52. The fraction of sp³-hybridized carbons (Fsp3) is 0.389. The zero-order valence-electron chi connectivity index (χ0n) is 14.3. The number of nitrogens with zero attached hydrogens (tertiary/aromatic N) is 2. The highest BCUT2D eigenvalue weighted by Gasteiger charge is 2.23. The van der Waals surface area contributed by atoms with Crippen molar-refractivity contribution in [3.63, 3.8) is 0 Å². The van der Waals surface area contributed by atoms with Crippen LogP contribution < -0.4 is 0 Å². The zero-order valence-corrected chi connectivity index (χ0v) is 16.7. The van der Waals surface area contributed by atoms with E-state index in [1.807, 2.05) is 12.1 Å². The summed E-state index contributed by atoms with van der Waals surface area (Å²) in [5.74, 6) is -0.243. The Hall–Kier alpha value is -1.41. The van der Waals surface area contributed by atoms with E-state index in [1.54, 1.807) is 46.6 Å². The van der Waals surface area contributed by atoms with E-state index >= 15 is 0 Å². The minimum absolute atomic E-state index is 0.0256. The van der Waals surface area contributed by atoms with Crippen LogP contribution in [0.4, 0.5) is 0 Å². The van der Waals surface area contributed by atoms with E-state index in [0.717, 1.165) is 24.0 Å². The van der Waals surface area contributed by atoms with Gasteiger partial charge >= 0.3 is 0 Å². The first-order valence-electron chi connectivity index (χ1n) is 8.46. The number of amides is 1. The van der Waals surface area contributed by atoms with Crippen LogP contribution in [0.2, 0.25) is 4.34 Å². The summed E-state index contributed by atoms with van der Waals surface area (Å²) in [7, 11) is -3.41. The molecule has 0 aliphatic carbocycles. The molecule has 5 nitrogen and oxygen atoms in total. The number of benzene rings is 1. The van der Waals surface area contributed by atoms with Crippen molar-refractivity contribution >= 4 is 38.7 Å². The molecule has 3 rings (SSSR count). The first-order valence-corrected chi connectivity index (χ1v) is 11.3. The van der Waals surface area contributed by atoms with Gasteiger partial charge in [0.15, 0.2) is 9.84 Å². The van der Waals surface area contributed by atoms with Gasteiger partial charge in [-0.2, -0.15) is 0 Å². The van der Waals surface area contributed by atoms with E-state index in [-0.39, 0.29) is 23.0 Å². The molecule has 0 atom stereocenters. The molecule has 2 heterocycles. The predicted molar refractivity (Wildman–Crippen MR) is 104 cm³/mol. The van der Waals surface area contributed by atoms with Crippen LogP contribution in [-0.4, -0.2) is 56.1 Å². The van der Waals surface area contributed by atoms with Gasteiger partial charge in [0.2, 0.25) is 5.91 Å². The number of halogens is 1. The van der Waals surface area contributed by atoms with Crippen LogP contribution in [0.25, 0.3) is 0 Å². The maximum Gasteiger partial charge on any atom is 0.223 e. The van der Waals surface area contributed by atoms with E-state index in [4.69, 9.17) is 11.6 Å². The molecule has 1 aromatic carbocycles.